The van der Waals surface area contributed by atoms with Gasteiger partial charge in [0.1, 0.15) is 0 Å². The molecule has 14 rings (SSSR count). The third-order valence-corrected chi connectivity index (χ3v) is 15.0. The first-order valence-electron chi connectivity index (χ1n) is 20.9. The molecule has 0 saturated heterocycles. The average Bonchev–Trinajstić information content (AvgIpc) is 3.54. The quantitative estimate of drug-likeness (QED) is 0.160. The molecule has 5 aliphatic rings. The molecule has 56 heavy (non-hydrogen) atoms. The van der Waals surface area contributed by atoms with Gasteiger partial charge in [-0.1, -0.05) is 164 Å². The maximum absolute atomic E-state index is 2.66. The Balaban J connectivity index is 1.04. The summed E-state index contributed by atoms with van der Waals surface area (Å²) in [6.45, 7) is 0. The molecule has 0 aromatic heterocycles. The molecule has 0 heteroatoms. The molecule has 266 valence electrons. The molecule has 0 nitrogen and oxygen atoms in total. The fourth-order valence-electron chi connectivity index (χ4n) is 13.2. The summed E-state index contributed by atoms with van der Waals surface area (Å²) < 4.78 is 0. The van der Waals surface area contributed by atoms with Gasteiger partial charge in [-0.2, -0.15) is 0 Å². The highest BCUT2D eigenvalue weighted by atomic mass is 14.6. The van der Waals surface area contributed by atoms with Crippen LogP contribution in [0.25, 0.3) is 87.6 Å². The third-order valence-electron chi connectivity index (χ3n) is 15.0. The summed E-state index contributed by atoms with van der Waals surface area (Å²) >= 11 is 0. The number of rotatable bonds is 3. The molecule has 9 aromatic rings. The molecule has 0 aliphatic heterocycles. The van der Waals surface area contributed by atoms with Gasteiger partial charge in [0.25, 0.3) is 0 Å². The van der Waals surface area contributed by atoms with E-state index in [-0.39, 0.29) is 5.41 Å². The Bertz CT molecular complexity index is 3010. The van der Waals surface area contributed by atoms with Crippen LogP contribution in [0.3, 0.4) is 0 Å². The van der Waals surface area contributed by atoms with Crippen molar-refractivity contribution < 1.29 is 0 Å². The second-order valence-electron chi connectivity index (χ2n) is 17.6. The summed E-state index contributed by atoms with van der Waals surface area (Å²) in [4.78, 5) is 0. The molecule has 4 fully saturated rings. The van der Waals surface area contributed by atoms with Crippen molar-refractivity contribution in [1.82, 2.24) is 0 Å². The van der Waals surface area contributed by atoms with Crippen LogP contribution >= 0.6 is 0 Å². The van der Waals surface area contributed by atoms with Crippen LogP contribution in [0.4, 0.5) is 0 Å². The number of hydrogen-bond acceptors (Lipinski definition) is 0. The fraction of sp³-hybridized carbons (Fsp3) is 0.179. The monoisotopic (exact) mass is 714 g/mol. The van der Waals surface area contributed by atoms with Crippen LogP contribution in [-0.2, 0) is 5.41 Å². The zero-order chi connectivity index (χ0) is 36.5. The van der Waals surface area contributed by atoms with E-state index in [0.29, 0.717) is 0 Å². The zero-order valence-corrected chi connectivity index (χ0v) is 31.5. The molecule has 0 unspecified atom stereocenters. The van der Waals surface area contributed by atoms with Crippen LogP contribution in [0.5, 0.6) is 0 Å². The normalized spacial score (nSPS) is 23.1. The fourth-order valence-corrected chi connectivity index (χ4v) is 13.2. The molecular formula is C56H42. The molecule has 0 amide bonds. The Morgan fingerprint density at radius 2 is 0.768 bits per heavy atom. The maximum Gasteiger partial charge on any atom is 0.0272 e. The SMILES string of the molecule is c1ccc2c(c1)-c1ccc(-c3ccc(-c4c5ccccc5c(-c5cccc6ccccc56)c5ccccc45)c4ccccc34)cc1C21C2CC3CC(C2)CC1C3. The van der Waals surface area contributed by atoms with Gasteiger partial charge in [0, 0.05) is 5.41 Å². The summed E-state index contributed by atoms with van der Waals surface area (Å²) in [7, 11) is 0. The molecule has 0 atom stereocenters. The van der Waals surface area contributed by atoms with Crippen LogP contribution in [0, 0.1) is 23.7 Å². The summed E-state index contributed by atoms with van der Waals surface area (Å²) in [6, 6.07) is 64.9. The first-order chi connectivity index (χ1) is 27.8. The van der Waals surface area contributed by atoms with Crippen molar-refractivity contribution in [2.45, 2.75) is 37.5 Å². The molecule has 5 aliphatic carbocycles. The molecule has 1 spiro atoms. The summed E-state index contributed by atoms with van der Waals surface area (Å²) in [5.74, 6) is 3.39. The number of hydrogen-bond donors (Lipinski definition) is 0. The molecule has 9 aromatic carbocycles. The standard InChI is InChI=1S/C56H42/c1-2-14-40-36(12-1)13-11-22-46(40)54-47-18-5-7-20-49(47)55(50-21-8-6-19-48(50)54)51-27-26-41(42-15-3-4-16-43(42)51)37-24-25-45-44-17-9-10-23-52(44)56(53(45)33-37)38-29-34-28-35(31-38)32-39(56)30-34/h1-27,33-35,38-39H,28-32H2. The van der Waals surface area contributed by atoms with Gasteiger partial charge in [-0.15, -0.1) is 0 Å². The Labute approximate surface area is 328 Å². The van der Waals surface area contributed by atoms with Crippen molar-refractivity contribution >= 4 is 43.1 Å². The van der Waals surface area contributed by atoms with E-state index in [1.165, 1.54) is 120 Å². The van der Waals surface area contributed by atoms with E-state index in [1.807, 2.05) is 0 Å². The van der Waals surface area contributed by atoms with Crippen molar-refractivity contribution in [3.05, 3.63) is 181 Å². The maximum atomic E-state index is 2.66. The minimum atomic E-state index is 0.161. The summed E-state index contributed by atoms with van der Waals surface area (Å²) in [6.07, 6.45) is 7.10. The molecule has 0 N–H and O–H groups in total. The van der Waals surface area contributed by atoms with Crippen LogP contribution in [0.2, 0.25) is 0 Å². The Morgan fingerprint density at radius 3 is 1.43 bits per heavy atom. The number of benzene rings is 9. The Hall–Kier alpha value is -5.98. The minimum absolute atomic E-state index is 0.161. The lowest BCUT2D eigenvalue weighted by Gasteiger charge is -2.61. The number of fused-ring (bicyclic) bond motifs is 7. The minimum Gasteiger partial charge on any atom is -0.0619 e. The first kappa shape index (κ1) is 31.2. The van der Waals surface area contributed by atoms with E-state index in [4.69, 9.17) is 0 Å². The predicted octanol–water partition coefficient (Wildman–Crippen LogP) is 15.0. The highest BCUT2D eigenvalue weighted by Gasteiger charge is 2.61. The van der Waals surface area contributed by atoms with Crippen LogP contribution in [0.15, 0.2) is 170 Å². The molecule has 0 heterocycles. The zero-order valence-electron chi connectivity index (χ0n) is 31.5. The Morgan fingerprint density at radius 1 is 0.321 bits per heavy atom. The van der Waals surface area contributed by atoms with Gasteiger partial charge >= 0.3 is 0 Å². The molecule has 4 saturated carbocycles. The van der Waals surface area contributed by atoms with Crippen molar-refractivity contribution in [2.24, 2.45) is 23.7 Å². The van der Waals surface area contributed by atoms with Gasteiger partial charge in [-0.05, 0) is 161 Å². The predicted molar refractivity (Wildman–Crippen MR) is 236 cm³/mol. The van der Waals surface area contributed by atoms with Crippen molar-refractivity contribution in [3.8, 4) is 44.5 Å². The van der Waals surface area contributed by atoms with Crippen molar-refractivity contribution in [1.29, 1.82) is 0 Å². The van der Waals surface area contributed by atoms with E-state index in [9.17, 15) is 0 Å². The van der Waals surface area contributed by atoms with E-state index >= 15 is 0 Å². The average molecular weight is 715 g/mol. The van der Waals surface area contributed by atoms with E-state index in [1.54, 1.807) is 11.1 Å². The second kappa shape index (κ2) is 11.5. The Kier molecular flexibility index (Phi) is 6.43. The van der Waals surface area contributed by atoms with E-state index < -0.39 is 0 Å². The van der Waals surface area contributed by atoms with Crippen LogP contribution < -0.4 is 0 Å². The highest BCUT2D eigenvalue weighted by Crippen LogP contribution is 2.69. The third kappa shape index (κ3) is 4.09. The van der Waals surface area contributed by atoms with Gasteiger partial charge in [0.15, 0.2) is 0 Å². The van der Waals surface area contributed by atoms with Gasteiger partial charge in [-0.3, -0.25) is 0 Å². The van der Waals surface area contributed by atoms with Crippen molar-refractivity contribution in [3.63, 3.8) is 0 Å². The first-order valence-corrected chi connectivity index (χ1v) is 20.9. The van der Waals surface area contributed by atoms with Crippen molar-refractivity contribution in [2.75, 3.05) is 0 Å². The lowest BCUT2D eigenvalue weighted by molar-refractivity contribution is -0.0399. The summed E-state index contributed by atoms with van der Waals surface area (Å²) in [5.41, 5.74) is 14.3. The van der Waals surface area contributed by atoms with Gasteiger partial charge in [0.05, 0.1) is 0 Å². The molecular weight excluding hydrogens is 673 g/mol. The smallest absolute Gasteiger partial charge is 0.0272 e. The second-order valence-corrected chi connectivity index (χ2v) is 17.6. The van der Waals surface area contributed by atoms with Gasteiger partial charge in [0.2, 0.25) is 0 Å². The largest absolute Gasteiger partial charge is 0.0619 e. The lowest BCUT2D eigenvalue weighted by atomic mass is 9.43. The van der Waals surface area contributed by atoms with Gasteiger partial charge < -0.3 is 0 Å². The molecule has 4 bridgehead atoms. The van der Waals surface area contributed by atoms with Crippen LogP contribution in [-0.4, -0.2) is 0 Å². The van der Waals surface area contributed by atoms with E-state index in [0.717, 1.165) is 23.7 Å². The van der Waals surface area contributed by atoms with Crippen LogP contribution in [0.1, 0.15) is 43.2 Å². The molecule has 0 radical (unpaired) electrons. The topological polar surface area (TPSA) is 0 Å². The lowest BCUT2D eigenvalue weighted by Crippen LogP contribution is -2.55. The highest BCUT2D eigenvalue weighted by molar-refractivity contribution is 6.25. The summed E-state index contributed by atoms with van der Waals surface area (Å²) in [5, 5.41) is 10.4. The van der Waals surface area contributed by atoms with Gasteiger partial charge in [-0.25, -0.2) is 0 Å². The van der Waals surface area contributed by atoms with E-state index in [2.05, 4.69) is 170 Å².